The minimum absolute atomic E-state index is 0.000256. The Morgan fingerprint density at radius 2 is 1.81 bits per heavy atom. The number of unbranched alkanes of at least 4 members (excludes halogenated alkanes) is 3. The molecule has 7 heteroatoms. The van der Waals surface area contributed by atoms with Crippen molar-refractivity contribution in [1.82, 2.24) is 14.7 Å². The summed E-state index contributed by atoms with van der Waals surface area (Å²) in [7, 11) is 1.61. The Kier molecular flexibility index (Phi) is 7.99. The highest BCUT2D eigenvalue weighted by atomic mass is 16.5. The number of rotatable bonds is 9. The van der Waals surface area contributed by atoms with Crippen LogP contribution in [0.2, 0.25) is 0 Å². The molecule has 3 aromatic rings. The first-order chi connectivity index (χ1) is 18.0. The molecule has 0 unspecified atom stereocenters. The number of carbonyl (C=O) groups excluding carboxylic acids is 2. The van der Waals surface area contributed by atoms with Crippen LogP contribution < -0.4 is 4.74 Å². The average Bonchev–Trinajstić information content (AvgIpc) is 3.35. The maximum Gasteiger partial charge on any atom is 0.271 e. The molecule has 1 aromatic heterocycles. The van der Waals surface area contributed by atoms with E-state index in [1.807, 2.05) is 66.9 Å². The van der Waals surface area contributed by atoms with Crippen molar-refractivity contribution in [2.24, 2.45) is 0 Å². The van der Waals surface area contributed by atoms with Crippen molar-refractivity contribution >= 4 is 17.9 Å². The van der Waals surface area contributed by atoms with Gasteiger partial charge in [-0.05, 0) is 49.3 Å². The highest BCUT2D eigenvalue weighted by molar-refractivity contribution is 6.19. The van der Waals surface area contributed by atoms with E-state index in [0.29, 0.717) is 41.1 Å². The van der Waals surface area contributed by atoms with Crippen molar-refractivity contribution in [2.45, 2.75) is 39.5 Å². The Bertz CT molecular complexity index is 1410. The fraction of sp³-hybridized carbons (Fsp3) is 0.267. The SMILES string of the molecule is CCCCCCN1C(=O)C(C#N)=C(C)/C(=C\c2cn(-c3ccccc3)nc2-c2cccc(OC)c2)C1=O. The number of hydrogen-bond donors (Lipinski definition) is 0. The van der Waals surface area contributed by atoms with Crippen molar-refractivity contribution in [3.63, 3.8) is 0 Å². The largest absolute Gasteiger partial charge is 0.497 e. The number of hydrogen-bond acceptors (Lipinski definition) is 5. The lowest BCUT2D eigenvalue weighted by molar-refractivity contribution is -0.140. The van der Waals surface area contributed by atoms with Crippen molar-refractivity contribution in [1.29, 1.82) is 5.26 Å². The smallest absolute Gasteiger partial charge is 0.271 e. The zero-order valence-electron chi connectivity index (χ0n) is 21.4. The summed E-state index contributed by atoms with van der Waals surface area (Å²) in [5.74, 6) is -0.223. The monoisotopic (exact) mass is 494 g/mol. The van der Waals surface area contributed by atoms with Gasteiger partial charge in [0.25, 0.3) is 11.8 Å². The summed E-state index contributed by atoms with van der Waals surface area (Å²) in [6.07, 6.45) is 7.29. The quantitative estimate of drug-likeness (QED) is 0.216. The van der Waals surface area contributed by atoms with E-state index in [9.17, 15) is 14.9 Å². The van der Waals surface area contributed by atoms with E-state index in [-0.39, 0.29) is 11.5 Å². The number of methoxy groups -OCH3 is 1. The second-order valence-corrected chi connectivity index (χ2v) is 8.94. The van der Waals surface area contributed by atoms with E-state index in [1.54, 1.807) is 24.8 Å². The molecule has 0 atom stereocenters. The number of carbonyl (C=O) groups is 2. The van der Waals surface area contributed by atoms with E-state index in [1.165, 1.54) is 4.90 Å². The molecule has 0 saturated carbocycles. The van der Waals surface area contributed by atoms with E-state index < -0.39 is 5.91 Å². The molecule has 2 aromatic carbocycles. The van der Waals surface area contributed by atoms with Gasteiger partial charge in [-0.15, -0.1) is 0 Å². The molecule has 37 heavy (non-hydrogen) atoms. The Hall–Kier alpha value is -4.44. The first kappa shape index (κ1) is 25.6. The van der Waals surface area contributed by atoms with Crippen LogP contribution in [-0.2, 0) is 9.59 Å². The number of nitriles is 1. The molecule has 0 bridgehead atoms. The number of amides is 2. The normalized spacial score (nSPS) is 14.9. The summed E-state index contributed by atoms with van der Waals surface area (Å²) in [6.45, 7) is 4.05. The molecular formula is C30H30N4O3. The summed E-state index contributed by atoms with van der Waals surface area (Å²) < 4.78 is 7.17. The van der Waals surface area contributed by atoms with Crippen LogP contribution in [0.5, 0.6) is 5.75 Å². The molecule has 0 N–H and O–H groups in total. The van der Waals surface area contributed by atoms with Gasteiger partial charge in [-0.2, -0.15) is 10.4 Å². The Morgan fingerprint density at radius 3 is 2.51 bits per heavy atom. The Balaban J connectivity index is 1.84. The van der Waals surface area contributed by atoms with Gasteiger partial charge in [0, 0.05) is 29.4 Å². The van der Waals surface area contributed by atoms with Crippen LogP contribution >= 0.6 is 0 Å². The van der Waals surface area contributed by atoms with Crippen molar-refractivity contribution in [3.05, 3.63) is 83.1 Å². The Labute approximate surface area is 217 Å². The number of ether oxygens (including phenoxy) is 1. The number of nitrogens with zero attached hydrogens (tertiary/aromatic N) is 4. The summed E-state index contributed by atoms with van der Waals surface area (Å²) in [4.78, 5) is 27.7. The summed E-state index contributed by atoms with van der Waals surface area (Å²) in [6, 6.07) is 19.3. The third-order valence-corrected chi connectivity index (χ3v) is 6.47. The molecule has 2 heterocycles. The Morgan fingerprint density at radius 1 is 1.03 bits per heavy atom. The first-order valence-electron chi connectivity index (χ1n) is 12.5. The molecule has 0 saturated heterocycles. The topological polar surface area (TPSA) is 88.2 Å². The molecular weight excluding hydrogens is 464 g/mol. The maximum absolute atomic E-state index is 13.5. The fourth-order valence-corrected chi connectivity index (χ4v) is 4.39. The number of imide groups is 1. The second kappa shape index (κ2) is 11.5. The third-order valence-electron chi connectivity index (χ3n) is 6.47. The summed E-state index contributed by atoms with van der Waals surface area (Å²) in [5.41, 5.74) is 3.73. The molecule has 0 aliphatic carbocycles. The minimum atomic E-state index is -0.522. The molecule has 0 radical (unpaired) electrons. The van der Waals surface area contributed by atoms with Gasteiger partial charge in [0.15, 0.2) is 0 Å². The molecule has 0 spiro atoms. The number of aromatic nitrogens is 2. The molecule has 1 aliphatic heterocycles. The van der Waals surface area contributed by atoms with Crippen LogP contribution in [0.1, 0.15) is 45.1 Å². The zero-order chi connectivity index (χ0) is 26.4. The molecule has 188 valence electrons. The van der Waals surface area contributed by atoms with Crippen LogP contribution in [-0.4, -0.2) is 40.1 Å². The highest BCUT2D eigenvalue weighted by Gasteiger charge is 2.35. The van der Waals surface area contributed by atoms with Gasteiger partial charge in [-0.3, -0.25) is 14.5 Å². The van der Waals surface area contributed by atoms with Crippen molar-refractivity contribution in [2.75, 3.05) is 13.7 Å². The molecule has 2 amide bonds. The molecule has 4 rings (SSSR count). The number of benzene rings is 2. The van der Waals surface area contributed by atoms with E-state index in [4.69, 9.17) is 9.84 Å². The van der Waals surface area contributed by atoms with Gasteiger partial charge < -0.3 is 4.74 Å². The summed E-state index contributed by atoms with van der Waals surface area (Å²) in [5, 5.41) is 14.6. The molecule has 0 fully saturated rings. The lowest BCUT2D eigenvalue weighted by atomic mass is 9.93. The van der Waals surface area contributed by atoms with Gasteiger partial charge in [0.1, 0.15) is 23.1 Å². The van der Waals surface area contributed by atoms with Crippen LogP contribution in [0.3, 0.4) is 0 Å². The number of para-hydroxylation sites is 1. The van der Waals surface area contributed by atoms with Crippen molar-refractivity contribution in [3.8, 4) is 28.8 Å². The van der Waals surface area contributed by atoms with E-state index >= 15 is 0 Å². The maximum atomic E-state index is 13.5. The summed E-state index contributed by atoms with van der Waals surface area (Å²) >= 11 is 0. The average molecular weight is 495 g/mol. The second-order valence-electron chi connectivity index (χ2n) is 8.94. The molecule has 7 nitrogen and oxygen atoms in total. The highest BCUT2D eigenvalue weighted by Crippen LogP contribution is 2.32. The van der Waals surface area contributed by atoms with E-state index in [0.717, 1.165) is 30.5 Å². The first-order valence-corrected chi connectivity index (χ1v) is 12.5. The van der Waals surface area contributed by atoms with Crippen molar-refractivity contribution < 1.29 is 14.3 Å². The van der Waals surface area contributed by atoms with Crippen LogP contribution in [0.4, 0.5) is 0 Å². The lowest BCUT2D eigenvalue weighted by Crippen LogP contribution is -2.43. The predicted molar refractivity (Wildman–Crippen MR) is 143 cm³/mol. The zero-order valence-corrected chi connectivity index (χ0v) is 21.4. The minimum Gasteiger partial charge on any atom is -0.497 e. The molecule has 1 aliphatic rings. The van der Waals surface area contributed by atoms with Gasteiger partial charge >= 0.3 is 0 Å². The van der Waals surface area contributed by atoms with Gasteiger partial charge in [-0.25, -0.2) is 4.68 Å². The van der Waals surface area contributed by atoms with Crippen LogP contribution in [0.15, 0.2) is 77.5 Å². The van der Waals surface area contributed by atoms with Gasteiger partial charge in [-0.1, -0.05) is 56.5 Å². The standard InChI is InChI=1S/C30H30N4O3/c1-4-5-6-10-16-33-29(35)26(21(2)27(19-31)30(33)36)18-23-20-34(24-13-8-7-9-14-24)32-28(23)22-12-11-15-25(17-22)37-3/h7-9,11-15,17-18,20H,4-6,10,16H2,1-3H3/b26-18+. The van der Waals surface area contributed by atoms with Gasteiger partial charge in [0.2, 0.25) is 0 Å². The van der Waals surface area contributed by atoms with Crippen LogP contribution in [0, 0.1) is 11.3 Å². The predicted octanol–water partition coefficient (Wildman–Crippen LogP) is 5.72. The van der Waals surface area contributed by atoms with E-state index in [2.05, 4.69) is 6.92 Å². The van der Waals surface area contributed by atoms with Crippen LogP contribution in [0.25, 0.3) is 23.0 Å². The fourth-order valence-electron chi connectivity index (χ4n) is 4.39. The third kappa shape index (κ3) is 5.39. The van der Waals surface area contributed by atoms with Gasteiger partial charge in [0.05, 0.1) is 12.8 Å². The lowest BCUT2D eigenvalue weighted by Gasteiger charge is -2.27.